The van der Waals surface area contributed by atoms with Crippen LogP contribution in [0, 0.1) is 11.7 Å². The van der Waals surface area contributed by atoms with E-state index < -0.39 is 0 Å². The average Bonchev–Trinajstić information content (AvgIpc) is 2.76. The zero-order valence-electron chi connectivity index (χ0n) is 15.7. The Labute approximate surface area is 173 Å². The molecule has 1 aliphatic rings. The van der Waals surface area contributed by atoms with Crippen LogP contribution in [0.1, 0.15) is 12.8 Å². The standard InChI is InChI=1S/C22H20ClFN4O/c23-17-3-1-15(2-4-17)20-9-10-21(27-26-20)28-13-11-16(12-14-28)22(29)25-19-7-5-18(24)6-8-19/h1-10,16H,11-14H2,(H,25,29). The van der Waals surface area contributed by atoms with Crippen LogP contribution < -0.4 is 10.2 Å². The highest BCUT2D eigenvalue weighted by Crippen LogP contribution is 2.25. The molecular formula is C22H20ClFN4O. The molecule has 0 radical (unpaired) electrons. The van der Waals surface area contributed by atoms with E-state index in [9.17, 15) is 9.18 Å². The third kappa shape index (κ3) is 4.71. The maximum Gasteiger partial charge on any atom is 0.227 e. The maximum atomic E-state index is 13.0. The number of rotatable bonds is 4. The molecule has 1 fully saturated rings. The Morgan fingerprint density at radius 3 is 2.28 bits per heavy atom. The van der Waals surface area contributed by atoms with Gasteiger partial charge in [-0.1, -0.05) is 23.7 Å². The van der Waals surface area contributed by atoms with Gasteiger partial charge in [-0.2, -0.15) is 0 Å². The molecular weight excluding hydrogens is 391 g/mol. The van der Waals surface area contributed by atoms with E-state index in [1.807, 2.05) is 36.4 Å². The normalized spacial score (nSPS) is 14.6. The Bertz CT molecular complexity index is 969. The highest BCUT2D eigenvalue weighted by atomic mass is 35.5. The topological polar surface area (TPSA) is 58.1 Å². The van der Waals surface area contributed by atoms with Gasteiger partial charge in [-0.15, -0.1) is 10.2 Å². The molecule has 0 bridgehead atoms. The summed E-state index contributed by atoms with van der Waals surface area (Å²) in [4.78, 5) is 14.6. The lowest BCUT2D eigenvalue weighted by molar-refractivity contribution is -0.120. The van der Waals surface area contributed by atoms with E-state index in [0.717, 1.165) is 43.0 Å². The maximum absolute atomic E-state index is 13.0. The zero-order chi connectivity index (χ0) is 20.2. The van der Waals surface area contributed by atoms with Crippen molar-refractivity contribution in [2.45, 2.75) is 12.8 Å². The number of piperidine rings is 1. The predicted molar refractivity (Wildman–Crippen MR) is 112 cm³/mol. The summed E-state index contributed by atoms with van der Waals surface area (Å²) in [5, 5.41) is 12.2. The number of halogens is 2. The summed E-state index contributed by atoms with van der Waals surface area (Å²) in [6, 6.07) is 17.2. The summed E-state index contributed by atoms with van der Waals surface area (Å²) in [5.74, 6) is 0.387. The molecule has 0 aliphatic carbocycles. The minimum atomic E-state index is -0.320. The number of hydrogen-bond donors (Lipinski definition) is 1. The molecule has 1 saturated heterocycles. The summed E-state index contributed by atoms with van der Waals surface area (Å²) in [5.41, 5.74) is 2.37. The number of anilines is 2. The smallest absolute Gasteiger partial charge is 0.227 e. The molecule has 7 heteroatoms. The number of amides is 1. The van der Waals surface area contributed by atoms with E-state index in [1.165, 1.54) is 12.1 Å². The van der Waals surface area contributed by atoms with Crippen molar-refractivity contribution in [3.8, 4) is 11.3 Å². The lowest BCUT2D eigenvalue weighted by Gasteiger charge is -2.31. The quantitative estimate of drug-likeness (QED) is 0.671. The highest BCUT2D eigenvalue weighted by molar-refractivity contribution is 6.30. The number of aromatic nitrogens is 2. The lowest BCUT2D eigenvalue weighted by Crippen LogP contribution is -2.38. The van der Waals surface area contributed by atoms with E-state index in [4.69, 9.17) is 11.6 Å². The molecule has 1 N–H and O–H groups in total. The molecule has 2 heterocycles. The number of benzene rings is 2. The Morgan fingerprint density at radius 1 is 0.966 bits per heavy atom. The van der Waals surface area contributed by atoms with Gasteiger partial charge < -0.3 is 10.2 Å². The van der Waals surface area contributed by atoms with Gasteiger partial charge in [-0.3, -0.25) is 4.79 Å². The second-order valence-corrected chi connectivity index (χ2v) is 7.48. The van der Waals surface area contributed by atoms with Crippen LogP contribution in [0.25, 0.3) is 11.3 Å². The van der Waals surface area contributed by atoms with Gasteiger partial charge in [0, 0.05) is 35.3 Å². The van der Waals surface area contributed by atoms with Gasteiger partial charge in [0.25, 0.3) is 0 Å². The summed E-state index contributed by atoms with van der Waals surface area (Å²) in [6.07, 6.45) is 1.46. The van der Waals surface area contributed by atoms with Crippen LogP contribution in [0.15, 0.2) is 60.7 Å². The van der Waals surface area contributed by atoms with Crippen molar-refractivity contribution in [2.75, 3.05) is 23.3 Å². The van der Waals surface area contributed by atoms with Crippen LogP contribution in [0.4, 0.5) is 15.9 Å². The minimum absolute atomic E-state index is 0.0274. The SMILES string of the molecule is O=C(Nc1ccc(F)cc1)C1CCN(c2ccc(-c3ccc(Cl)cc3)nn2)CC1. The number of nitrogens with one attached hydrogen (secondary N) is 1. The second-order valence-electron chi connectivity index (χ2n) is 7.04. The molecule has 0 unspecified atom stereocenters. The number of carbonyl (C=O) groups is 1. The van der Waals surface area contributed by atoms with Crippen molar-refractivity contribution in [3.05, 3.63) is 71.5 Å². The summed E-state index contributed by atoms with van der Waals surface area (Å²) < 4.78 is 13.0. The summed E-state index contributed by atoms with van der Waals surface area (Å²) in [6.45, 7) is 1.47. The fraction of sp³-hybridized carbons (Fsp3) is 0.227. The van der Waals surface area contributed by atoms with Crippen LogP contribution in [0.5, 0.6) is 0 Å². The van der Waals surface area contributed by atoms with Gasteiger partial charge in [0.1, 0.15) is 5.82 Å². The fourth-order valence-electron chi connectivity index (χ4n) is 3.42. The van der Waals surface area contributed by atoms with Crippen LogP contribution in [-0.2, 0) is 4.79 Å². The van der Waals surface area contributed by atoms with Gasteiger partial charge >= 0.3 is 0 Å². The van der Waals surface area contributed by atoms with Crippen LogP contribution >= 0.6 is 11.6 Å². The first-order chi connectivity index (χ1) is 14.1. The Kier molecular flexibility index (Phi) is 5.71. The predicted octanol–water partition coefficient (Wildman–Crippen LogP) is 4.79. The van der Waals surface area contributed by atoms with Crippen LogP contribution in [0.2, 0.25) is 5.02 Å². The zero-order valence-corrected chi connectivity index (χ0v) is 16.4. The van der Waals surface area contributed by atoms with Crippen molar-refractivity contribution < 1.29 is 9.18 Å². The Hall–Kier alpha value is -2.99. The van der Waals surface area contributed by atoms with Gasteiger partial charge in [0.15, 0.2) is 5.82 Å². The monoisotopic (exact) mass is 410 g/mol. The molecule has 1 aromatic heterocycles. The molecule has 3 aromatic rings. The molecule has 1 aliphatic heterocycles. The van der Waals surface area contributed by atoms with Crippen molar-refractivity contribution in [3.63, 3.8) is 0 Å². The van der Waals surface area contributed by atoms with Crippen molar-refractivity contribution in [2.24, 2.45) is 5.92 Å². The van der Waals surface area contributed by atoms with E-state index in [1.54, 1.807) is 12.1 Å². The molecule has 0 spiro atoms. The van der Waals surface area contributed by atoms with E-state index in [0.29, 0.717) is 10.7 Å². The lowest BCUT2D eigenvalue weighted by atomic mass is 9.96. The van der Waals surface area contributed by atoms with Crippen LogP contribution in [0.3, 0.4) is 0 Å². The Morgan fingerprint density at radius 2 is 1.66 bits per heavy atom. The van der Waals surface area contributed by atoms with Gasteiger partial charge in [-0.05, 0) is 61.4 Å². The molecule has 29 heavy (non-hydrogen) atoms. The molecule has 2 aromatic carbocycles. The second kappa shape index (κ2) is 8.57. The molecule has 0 atom stereocenters. The highest BCUT2D eigenvalue weighted by Gasteiger charge is 2.26. The number of nitrogens with zero attached hydrogens (tertiary/aromatic N) is 3. The van der Waals surface area contributed by atoms with Gasteiger partial charge in [0.2, 0.25) is 5.91 Å². The minimum Gasteiger partial charge on any atom is -0.355 e. The first kappa shape index (κ1) is 19.3. The van der Waals surface area contributed by atoms with Crippen molar-refractivity contribution in [1.29, 1.82) is 0 Å². The third-order valence-electron chi connectivity index (χ3n) is 5.09. The van der Waals surface area contributed by atoms with Gasteiger partial charge in [-0.25, -0.2) is 4.39 Å². The fourth-order valence-corrected chi connectivity index (χ4v) is 3.54. The molecule has 1 amide bonds. The molecule has 5 nitrogen and oxygen atoms in total. The molecule has 0 saturated carbocycles. The molecule has 148 valence electrons. The van der Waals surface area contributed by atoms with Crippen LogP contribution in [-0.4, -0.2) is 29.2 Å². The Balaban J connectivity index is 1.33. The number of carbonyl (C=O) groups excluding carboxylic acids is 1. The van der Waals surface area contributed by atoms with Crippen molar-refractivity contribution in [1.82, 2.24) is 10.2 Å². The summed E-state index contributed by atoms with van der Waals surface area (Å²) in [7, 11) is 0. The van der Waals surface area contributed by atoms with E-state index >= 15 is 0 Å². The number of hydrogen-bond acceptors (Lipinski definition) is 4. The largest absolute Gasteiger partial charge is 0.355 e. The average molecular weight is 411 g/mol. The van der Waals surface area contributed by atoms with E-state index in [-0.39, 0.29) is 17.6 Å². The van der Waals surface area contributed by atoms with E-state index in [2.05, 4.69) is 20.4 Å². The first-order valence-electron chi connectivity index (χ1n) is 9.49. The van der Waals surface area contributed by atoms with Crippen molar-refractivity contribution >= 4 is 29.0 Å². The van der Waals surface area contributed by atoms with Gasteiger partial charge in [0.05, 0.1) is 5.69 Å². The summed E-state index contributed by atoms with van der Waals surface area (Å²) >= 11 is 5.93. The third-order valence-corrected chi connectivity index (χ3v) is 5.34. The first-order valence-corrected chi connectivity index (χ1v) is 9.87. The molecule has 4 rings (SSSR count).